The quantitative estimate of drug-likeness (QED) is 0.415. The molecule has 34 heavy (non-hydrogen) atoms. The second kappa shape index (κ2) is 9.15. The van der Waals surface area contributed by atoms with Crippen molar-refractivity contribution in [3.63, 3.8) is 0 Å². The summed E-state index contributed by atoms with van der Waals surface area (Å²) < 4.78 is 1.72. The topological polar surface area (TPSA) is 83.9 Å². The lowest BCUT2D eigenvalue weighted by atomic mass is 10.1. The van der Waals surface area contributed by atoms with Gasteiger partial charge in [0.15, 0.2) is 0 Å². The molecule has 0 aliphatic heterocycles. The van der Waals surface area contributed by atoms with Crippen LogP contribution in [0.4, 0.5) is 0 Å². The highest BCUT2D eigenvalue weighted by molar-refractivity contribution is 6.00. The van der Waals surface area contributed by atoms with Gasteiger partial charge in [0.2, 0.25) is 0 Å². The minimum Gasteiger partial charge on any atom is -0.331 e. The molecule has 0 unspecified atom stereocenters. The summed E-state index contributed by atoms with van der Waals surface area (Å²) in [5.41, 5.74) is 3.20. The van der Waals surface area contributed by atoms with Crippen molar-refractivity contribution in [2.45, 2.75) is 13.5 Å². The monoisotopic (exact) mass is 449 g/mol. The van der Waals surface area contributed by atoms with E-state index in [4.69, 9.17) is 5.10 Å². The van der Waals surface area contributed by atoms with E-state index in [0.717, 1.165) is 11.3 Å². The summed E-state index contributed by atoms with van der Waals surface area (Å²) in [6, 6.07) is 26.5. The van der Waals surface area contributed by atoms with Crippen LogP contribution in [0.1, 0.15) is 23.1 Å². The second-order valence-electron chi connectivity index (χ2n) is 7.89. The Labute approximate surface area is 196 Å². The molecule has 0 fully saturated rings. The minimum absolute atomic E-state index is 0.181. The molecular weight excluding hydrogens is 426 g/mol. The Bertz CT molecular complexity index is 1510. The van der Waals surface area contributed by atoms with Crippen LogP contribution >= 0.6 is 0 Å². The number of carbonyl (C=O) groups is 1. The lowest BCUT2D eigenvalue weighted by molar-refractivity contribution is 0.0749. The first kappa shape index (κ1) is 21.3. The molecule has 0 radical (unpaired) electrons. The first-order valence-electron chi connectivity index (χ1n) is 11.1. The smallest absolute Gasteiger partial charge is 0.258 e. The van der Waals surface area contributed by atoms with Crippen LogP contribution in [0.25, 0.3) is 27.8 Å². The maximum atomic E-state index is 13.7. The molecule has 168 valence electrons. The molecule has 5 rings (SSSR count). The van der Waals surface area contributed by atoms with Crippen LogP contribution in [-0.4, -0.2) is 37.1 Å². The molecule has 0 atom stereocenters. The normalized spacial score (nSPS) is 11.0. The summed E-state index contributed by atoms with van der Waals surface area (Å²) >= 11 is 0. The van der Waals surface area contributed by atoms with Crippen molar-refractivity contribution in [3.05, 3.63) is 113 Å². The molecule has 5 aromatic rings. The number of hydrogen-bond donors (Lipinski definition) is 1. The molecule has 0 aliphatic carbocycles. The van der Waals surface area contributed by atoms with Crippen LogP contribution in [-0.2, 0) is 6.54 Å². The third-order valence-electron chi connectivity index (χ3n) is 5.68. The molecule has 1 amide bonds. The number of nitrogens with zero attached hydrogens (tertiary/aromatic N) is 4. The van der Waals surface area contributed by atoms with Crippen LogP contribution in [0.2, 0.25) is 0 Å². The molecular formula is C27H23N5O2. The summed E-state index contributed by atoms with van der Waals surface area (Å²) in [5.74, 6) is 0.259. The van der Waals surface area contributed by atoms with Crippen molar-refractivity contribution in [1.29, 1.82) is 0 Å². The number of fused-ring (bicyclic) bond motifs is 1. The number of aromatic nitrogens is 4. The molecule has 7 nitrogen and oxygen atoms in total. The van der Waals surface area contributed by atoms with E-state index < -0.39 is 0 Å². The maximum Gasteiger partial charge on any atom is 0.258 e. The summed E-state index contributed by atoms with van der Waals surface area (Å²) in [6.45, 7) is 2.53. The first-order chi connectivity index (χ1) is 16.6. The largest absolute Gasteiger partial charge is 0.331 e. The van der Waals surface area contributed by atoms with E-state index in [1.807, 2.05) is 73.7 Å². The molecule has 7 heteroatoms. The lowest BCUT2D eigenvalue weighted by Crippen LogP contribution is -2.32. The standard InChI is InChI=1S/C27H23N5O2/c1-2-31(18-24-28-23-16-10-9-15-21(23)26(33)29-24)27(34)22-17-32(20-13-7-4-8-14-20)30-25(22)19-11-5-3-6-12-19/h3-17H,2,18H2,1H3,(H,28,29,33). The molecule has 1 N–H and O–H groups in total. The van der Waals surface area contributed by atoms with Gasteiger partial charge in [0.25, 0.3) is 11.5 Å². The highest BCUT2D eigenvalue weighted by Gasteiger charge is 2.23. The Morgan fingerprint density at radius 3 is 2.35 bits per heavy atom. The molecule has 0 saturated carbocycles. The van der Waals surface area contributed by atoms with Gasteiger partial charge in [-0.3, -0.25) is 9.59 Å². The Hall–Kier alpha value is -4.52. The zero-order chi connectivity index (χ0) is 23.5. The number of para-hydroxylation sites is 2. The van der Waals surface area contributed by atoms with Gasteiger partial charge >= 0.3 is 0 Å². The number of rotatable bonds is 6. The number of amides is 1. The lowest BCUT2D eigenvalue weighted by Gasteiger charge is -2.20. The Morgan fingerprint density at radius 2 is 1.62 bits per heavy atom. The fraction of sp³-hybridized carbons (Fsp3) is 0.111. The van der Waals surface area contributed by atoms with E-state index >= 15 is 0 Å². The van der Waals surface area contributed by atoms with Gasteiger partial charge in [-0.05, 0) is 31.2 Å². The van der Waals surface area contributed by atoms with Crippen molar-refractivity contribution in [1.82, 2.24) is 24.6 Å². The van der Waals surface area contributed by atoms with Gasteiger partial charge in [0.1, 0.15) is 11.5 Å². The number of nitrogens with one attached hydrogen (secondary N) is 1. The number of benzene rings is 3. The zero-order valence-electron chi connectivity index (χ0n) is 18.7. The minimum atomic E-state index is -0.217. The summed E-state index contributed by atoms with van der Waals surface area (Å²) in [7, 11) is 0. The molecule has 0 bridgehead atoms. The van der Waals surface area contributed by atoms with Crippen molar-refractivity contribution < 1.29 is 4.79 Å². The van der Waals surface area contributed by atoms with Crippen LogP contribution in [0.15, 0.2) is 95.9 Å². The fourth-order valence-corrected chi connectivity index (χ4v) is 3.94. The van der Waals surface area contributed by atoms with E-state index in [1.54, 1.807) is 34.0 Å². The van der Waals surface area contributed by atoms with Gasteiger partial charge < -0.3 is 9.88 Å². The van der Waals surface area contributed by atoms with E-state index in [1.165, 1.54) is 0 Å². The van der Waals surface area contributed by atoms with E-state index in [2.05, 4.69) is 9.97 Å². The summed E-state index contributed by atoms with van der Waals surface area (Å²) in [4.78, 5) is 35.3. The fourth-order valence-electron chi connectivity index (χ4n) is 3.94. The SMILES string of the molecule is CCN(Cc1nc2ccccc2c(=O)[nH]1)C(=O)c1cn(-c2ccccc2)nc1-c1ccccc1. The van der Waals surface area contributed by atoms with Crippen LogP contribution in [0.3, 0.4) is 0 Å². The van der Waals surface area contributed by atoms with Gasteiger partial charge in [-0.15, -0.1) is 0 Å². The number of carbonyl (C=O) groups excluding carboxylic acids is 1. The molecule has 2 aromatic heterocycles. The van der Waals surface area contributed by atoms with Gasteiger partial charge in [0, 0.05) is 18.3 Å². The Balaban J connectivity index is 1.53. The first-order valence-corrected chi connectivity index (χ1v) is 11.1. The van der Waals surface area contributed by atoms with Crippen molar-refractivity contribution >= 4 is 16.8 Å². The average Bonchev–Trinajstić information content (AvgIpc) is 3.34. The number of aromatic amines is 1. The molecule has 2 heterocycles. The third kappa shape index (κ3) is 4.11. The third-order valence-corrected chi connectivity index (χ3v) is 5.68. The van der Waals surface area contributed by atoms with E-state index in [0.29, 0.717) is 34.5 Å². The molecule has 3 aromatic carbocycles. The van der Waals surface area contributed by atoms with Gasteiger partial charge in [-0.25, -0.2) is 9.67 Å². The Morgan fingerprint density at radius 1 is 0.941 bits per heavy atom. The van der Waals surface area contributed by atoms with Crippen molar-refractivity contribution in [2.75, 3.05) is 6.54 Å². The van der Waals surface area contributed by atoms with Crippen molar-refractivity contribution in [3.8, 4) is 16.9 Å². The Kier molecular flexibility index (Phi) is 5.74. The van der Waals surface area contributed by atoms with Gasteiger partial charge in [-0.1, -0.05) is 60.7 Å². The van der Waals surface area contributed by atoms with E-state index in [9.17, 15) is 9.59 Å². The predicted octanol–water partition coefficient (Wildman–Crippen LogP) is 4.44. The van der Waals surface area contributed by atoms with Crippen LogP contribution in [0, 0.1) is 0 Å². The average molecular weight is 450 g/mol. The van der Waals surface area contributed by atoms with Gasteiger partial charge in [0.05, 0.1) is 28.7 Å². The maximum absolute atomic E-state index is 13.7. The number of H-pyrrole nitrogens is 1. The zero-order valence-corrected chi connectivity index (χ0v) is 18.7. The molecule has 0 spiro atoms. The highest BCUT2D eigenvalue weighted by atomic mass is 16.2. The van der Waals surface area contributed by atoms with Gasteiger partial charge in [-0.2, -0.15) is 5.10 Å². The van der Waals surface area contributed by atoms with E-state index in [-0.39, 0.29) is 18.0 Å². The second-order valence-corrected chi connectivity index (χ2v) is 7.89. The molecule has 0 saturated heterocycles. The van der Waals surface area contributed by atoms with Crippen LogP contribution < -0.4 is 5.56 Å². The summed E-state index contributed by atoms with van der Waals surface area (Å²) in [6.07, 6.45) is 1.76. The predicted molar refractivity (Wildman–Crippen MR) is 132 cm³/mol. The summed E-state index contributed by atoms with van der Waals surface area (Å²) in [5, 5.41) is 5.27. The number of hydrogen-bond acceptors (Lipinski definition) is 4. The van der Waals surface area contributed by atoms with Crippen molar-refractivity contribution in [2.24, 2.45) is 0 Å². The van der Waals surface area contributed by atoms with Crippen LogP contribution in [0.5, 0.6) is 0 Å². The molecule has 0 aliphatic rings. The highest BCUT2D eigenvalue weighted by Crippen LogP contribution is 2.25.